The molecule has 0 bridgehead atoms. The van der Waals surface area contributed by atoms with Crippen LogP contribution in [0.3, 0.4) is 0 Å². The first kappa shape index (κ1) is 18.1. The molecular weight excluding hydrogens is 346 g/mol. The number of benzene rings is 1. The molecule has 0 aliphatic heterocycles. The number of rotatable bonds is 6. The third-order valence-corrected chi connectivity index (χ3v) is 5.20. The third kappa shape index (κ3) is 4.11. The minimum absolute atomic E-state index is 0.0303. The Kier molecular flexibility index (Phi) is 5.68. The molecule has 0 aliphatic carbocycles. The predicted octanol–water partition coefficient (Wildman–Crippen LogP) is 3.24. The third-order valence-electron chi connectivity index (χ3n) is 4.06. The molecule has 1 aromatic carbocycles. The molecule has 3 rings (SSSR count). The van der Waals surface area contributed by atoms with Gasteiger partial charge < -0.3 is 9.88 Å². The highest BCUT2D eigenvalue weighted by atomic mass is 32.2. The number of hydrogen-bond donors (Lipinski definition) is 1. The monoisotopic (exact) mass is 367 g/mol. The zero-order valence-electron chi connectivity index (χ0n) is 15.0. The molecule has 0 saturated carbocycles. The molecule has 1 N–H and O–H groups in total. The summed E-state index contributed by atoms with van der Waals surface area (Å²) in [6, 6.07) is 13.7. The molecule has 2 atom stereocenters. The van der Waals surface area contributed by atoms with E-state index in [1.807, 2.05) is 67.9 Å². The number of nitrogens with zero attached hydrogens (tertiary/aromatic N) is 4. The Hall–Kier alpha value is -2.67. The van der Waals surface area contributed by atoms with E-state index >= 15 is 0 Å². The first-order chi connectivity index (χ1) is 12.6. The molecule has 2 aromatic heterocycles. The van der Waals surface area contributed by atoms with Crippen LogP contribution in [0.5, 0.6) is 0 Å². The van der Waals surface area contributed by atoms with E-state index in [2.05, 4.69) is 20.5 Å². The summed E-state index contributed by atoms with van der Waals surface area (Å²) in [7, 11) is 1.89. The van der Waals surface area contributed by atoms with Crippen molar-refractivity contribution in [3.63, 3.8) is 0 Å². The van der Waals surface area contributed by atoms with Crippen LogP contribution in [-0.2, 0) is 11.8 Å². The average molecular weight is 367 g/mol. The van der Waals surface area contributed by atoms with Crippen molar-refractivity contribution >= 4 is 17.7 Å². The first-order valence-electron chi connectivity index (χ1n) is 8.38. The second-order valence-electron chi connectivity index (χ2n) is 6.01. The summed E-state index contributed by atoms with van der Waals surface area (Å²) >= 11 is 1.39. The zero-order valence-corrected chi connectivity index (χ0v) is 15.8. The highest BCUT2D eigenvalue weighted by Crippen LogP contribution is 2.25. The van der Waals surface area contributed by atoms with E-state index in [0.717, 1.165) is 17.0 Å². The summed E-state index contributed by atoms with van der Waals surface area (Å²) in [5, 5.41) is 11.9. The van der Waals surface area contributed by atoms with E-state index in [1.54, 1.807) is 12.4 Å². The number of pyridine rings is 1. The highest BCUT2D eigenvalue weighted by molar-refractivity contribution is 8.00. The van der Waals surface area contributed by atoms with Gasteiger partial charge in [-0.15, -0.1) is 10.2 Å². The van der Waals surface area contributed by atoms with Gasteiger partial charge in [0.2, 0.25) is 5.91 Å². The van der Waals surface area contributed by atoms with Crippen molar-refractivity contribution in [2.24, 2.45) is 7.05 Å². The van der Waals surface area contributed by atoms with Crippen molar-refractivity contribution in [3.8, 4) is 11.4 Å². The van der Waals surface area contributed by atoms with Crippen LogP contribution >= 0.6 is 11.8 Å². The first-order valence-corrected chi connectivity index (χ1v) is 9.26. The summed E-state index contributed by atoms with van der Waals surface area (Å²) in [6.45, 7) is 3.85. The number of aromatic nitrogens is 4. The van der Waals surface area contributed by atoms with E-state index in [9.17, 15) is 4.79 Å². The highest BCUT2D eigenvalue weighted by Gasteiger charge is 2.21. The smallest absolute Gasteiger partial charge is 0.233 e. The Morgan fingerprint density at radius 2 is 1.88 bits per heavy atom. The van der Waals surface area contributed by atoms with Crippen LogP contribution in [0.4, 0.5) is 0 Å². The number of nitrogens with one attached hydrogen (secondary N) is 1. The van der Waals surface area contributed by atoms with Gasteiger partial charge in [0, 0.05) is 25.0 Å². The van der Waals surface area contributed by atoms with Gasteiger partial charge in [-0.05, 0) is 31.5 Å². The Bertz CT molecular complexity index is 866. The maximum absolute atomic E-state index is 12.5. The summed E-state index contributed by atoms with van der Waals surface area (Å²) < 4.78 is 1.88. The van der Waals surface area contributed by atoms with Gasteiger partial charge in [-0.3, -0.25) is 9.78 Å². The predicted molar refractivity (Wildman–Crippen MR) is 103 cm³/mol. The summed E-state index contributed by atoms with van der Waals surface area (Å²) in [5.41, 5.74) is 1.97. The lowest BCUT2D eigenvalue weighted by Crippen LogP contribution is -2.33. The molecule has 0 saturated heterocycles. The molecule has 26 heavy (non-hydrogen) atoms. The number of thioether (sulfide) groups is 1. The Morgan fingerprint density at radius 3 is 2.58 bits per heavy atom. The molecule has 6 nitrogen and oxygen atoms in total. The minimum atomic E-state index is -0.286. The number of carbonyl (C=O) groups excluding carboxylic acids is 1. The lowest BCUT2D eigenvalue weighted by atomic mass is 10.1. The van der Waals surface area contributed by atoms with Gasteiger partial charge in [-0.2, -0.15) is 0 Å². The van der Waals surface area contributed by atoms with Gasteiger partial charge in [-0.1, -0.05) is 42.1 Å². The molecule has 7 heteroatoms. The Labute approximate surface area is 157 Å². The maximum Gasteiger partial charge on any atom is 0.233 e. The molecule has 2 heterocycles. The molecule has 0 radical (unpaired) electrons. The van der Waals surface area contributed by atoms with Crippen LogP contribution < -0.4 is 5.32 Å². The standard InChI is InChI=1S/C19H21N5OS/c1-13(15-8-5-4-6-9-15)21-18(25)14(2)26-19-23-22-17(24(19)3)16-10-7-11-20-12-16/h4-14H,1-3H3,(H,21,25). The van der Waals surface area contributed by atoms with E-state index in [-0.39, 0.29) is 17.2 Å². The van der Waals surface area contributed by atoms with E-state index in [4.69, 9.17) is 0 Å². The Morgan fingerprint density at radius 1 is 1.12 bits per heavy atom. The van der Waals surface area contributed by atoms with Crippen LogP contribution in [0.15, 0.2) is 60.0 Å². The number of hydrogen-bond acceptors (Lipinski definition) is 5. The Balaban J connectivity index is 1.65. The summed E-state index contributed by atoms with van der Waals surface area (Å²) in [5.74, 6) is 0.697. The topological polar surface area (TPSA) is 72.7 Å². The quantitative estimate of drug-likeness (QED) is 0.677. The van der Waals surface area contributed by atoms with Gasteiger partial charge in [0.25, 0.3) is 0 Å². The van der Waals surface area contributed by atoms with Crippen molar-refractivity contribution in [1.82, 2.24) is 25.1 Å². The minimum Gasteiger partial charge on any atom is -0.349 e. The van der Waals surface area contributed by atoms with Crippen molar-refractivity contribution in [1.29, 1.82) is 0 Å². The SMILES string of the molecule is CC(Sc1nnc(-c2cccnc2)n1C)C(=O)NC(C)c1ccccc1. The van der Waals surface area contributed by atoms with Crippen LogP contribution in [0.2, 0.25) is 0 Å². The van der Waals surface area contributed by atoms with Gasteiger partial charge in [0.05, 0.1) is 11.3 Å². The summed E-state index contributed by atoms with van der Waals surface area (Å²) in [4.78, 5) is 16.6. The lowest BCUT2D eigenvalue weighted by Gasteiger charge is -2.17. The maximum atomic E-state index is 12.5. The van der Waals surface area contributed by atoms with Crippen molar-refractivity contribution < 1.29 is 4.79 Å². The van der Waals surface area contributed by atoms with Crippen LogP contribution in [0, 0.1) is 0 Å². The number of amides is 1. The number of carbonyl (C=O) groups is 1. The van der Waals surface area contributed by atoms with E-state index in [0.29, 0.717) is 5.16 Å². The normalized spacial score (nSPS) is 13.2. The largest absolute Gasteiger partial charge is 0.349 e. The fourth-order valence-corrected chi connectivity index (χ4v) is 3.36. The van der Waals surface area contributed by atoms with Crippen LogP contribution in [0.25, 0.3) is 11.4 Å². The molecule has 3 aromatic rings. The van der Waals surface area contributed by atoms with Crippen molar-refractivity contribution in [3.05, 3.63) is 60.4 Å². The molecule has 0 spiro atoms. The van der Waals surface area contributed by atoms with E-state index < -0.39 is 0 Å². The van der Waals surface area contributed by atoms with Gasteiger partial charge >= 0.3 is 0 Å². The fraction of sp³-hybridized carbons (Fsp3) is 0.263. The molecule has 2 unspecified atom stereocenters. The molecule has 134 valence electrons. The lowest BCUT2D eigenvalue weighted by molar-refractivity contribution is -0.120. The van der Waals surface area contributed by atoms with Crippen molar-refractivity contribution in [2.45, 2.75) is 30.3 Å². The second kappa shape index (κ2) is 8.14. The molecule has 0 fully saturated rings. The zero-order chi connectivity index (χ0) is 18.5. The molecule has 1 amide bonds. The van der Waals surface area contributed by atoms with Crippen molar-refractivity contribution in [2.75, 3.05) is 0 Å². The molecular formula is C19H21N5OS. The van der Waals surface area contributed by atoms with Gasteiger partial charge in [0.1, 0.15) is 0 Å². The van der Waals surface area contributed by atoms with E-state index in [1.165, 1.54) is 11.8 Å². The molecule has 0 aliphatic rings. The average Bonchev–Trinajstić information content (AvgIpc) is 3.03. The second-order valence-corrected chi connectivity index (χ2v) is 7.32. The van der Waals surface area contributed by atoms with Crippen LogP contribution in [-0.4, -0.2) is 30.9 Å². The van der Waals surface area contributed by atoms with Crippen LogP contribution in [0.1, 0.15) is 25.5 Å². The summed E-state index contributed by atoms with van der Waals surface area (Å²) in [6.07, 6.45) is 3.46. The van der Waals surface area contributed by atoms with Gasteiger partial charge in [-0.25, -0.2) is 0 Å². The van der Waals surface area contributed by atoms with Gasteiger partial charge in [0.15, 0.2) is 11.0 Å². The fourth-order valence-electron chi connectivity index (χ4n) is 2.53.